The lowest BCUT2D eigenvalue weighted by molar-refractivity contribution is 0.262. The van der Waals surface area contributed by atoms with Gasteiger partial charge in [-0.1, -0.05) is 29.8 Å². The second-order valence-corrected chi connectivity index (χ2v) is 7.85. The Morgan fingerprint density at radius 1 is 1.08 bits per heavy atom. The van der Waals surface area contributed by atoms with Crippen LogP contribution in [0.5, 0.6) is 0 Å². The summed E-state index contributed by atoms with van der Waals surface area (Å²) in [5.41, 5.74) is 1.43. The van der Waals surface area contributed by atoms with Crippen molar-refractivity contribution in [3.8, 4) is 0 Å². The quantitative estimate of drug-likeness (QED) is 0.867. The predicted octanol–water partition coefficient (Wildman–Crippen LogP) is 3.54. The number of urea groups is 1. The molecule has 0 aromatic heterocycles. The van der Waals surface area contributed by atoms with Crippen molar-refractivity contribution in [1.29, 1.82) is 0 Å². The van der Waals surface area contributed by atoms with Crippen molar-refractivity contribution in [1.82, 2.24) is 4.31 Å². The van der Waals surface area contributed by atoms with Crippen molar-refractivity contribution in [2.45, 2.75) is 11.8 Å². The molecule has 128 valence electrons. The number of halogens is 1. The van der Waals surface area contributed by atoms with Crippen LogP contribution in [0.4, 0.5) is 16.2 Å². The van der Waals surface area contributed by atoms with Crippen LogP contribution < -0.4 is 10.6 Å². The molecule has 0 spiro atoms. The summed E-state index contributed by atoms with van der Waals surface area (Å²) >= 11 is 5.98. The van der Waals surface area contributed by atoms with Crippen molar-refractivity contribution < 1.29 is 13.2 Å². The number of hydrogen-bond acceptors (Lipinski definition) is 3. The molecule has 0 aliphatic rings. The van der Waals surface area contributed by atoms with Gasteiger partial charge in [0.15, 0.2) is 0 Å². The van der Waals surface area contributed by atoms with Crippen molar-refractivity contribution in [3.05, 3.63) is 53.1 Å². The zero-order chi connectivity index (χ0) is 17.9. The molecule has 0 bridgehead atoms. The van der Waals surface area contributed by atoms with Gasteiger partial charge in [0, 0.05) is 19.8 Å². The molecule has 2 N–H and O–H groups in total. The van der Waals surface area contributed by atoms with E-state index in [4.69, 9.17) is 11.6 Å². The molecule has 0 fully saturated rings. The van der Waals surface area contributed by atoms with Gasteiger partial charge in [-0.2, -0.15) is 0 Å². The molecule has 2 aromatic rings. The van der Waals surface area contributed by atoms with E-state index in [1.54, 1.807) is 43.3 Å². The lowest BCUT2D eigenvalue weighted by Crippen LogP contribution is -2.24. The third-order valence-corrected chi connectivity index (χ3v) is 5.61. The second kappa shape index (κ2) is 7.21. The van der Waals surface area contributed by atoms with E-state index in [9.17, 15) is 13.2 Å². The molecule has 2 rings (SSSR count). The third kappa shape index (κ3) is 4.05. The average Bonchev–Trinajstić information content (AvgIpc) is 2.51. The summed E-state index contributed by atoms with van der Waals surface area (Å²) in [5.74, 6) is 0. The number of sulfonamides is 1. The smallest absolute Gasteiger partial charge is 0.308 e. The van der Waals surface area contributed by atoms with Crippen molar-refractivity contribution in [3.63, 3.8) is 0 Å². The zero-order valence-electron chi connectivity index (χ0n) is 13.5. The van der Waals surface area contributed by atoms with E-state index in [1.807, 2.05) is 0 Å². The number of carbonyl (C=O) groups excluding carboxylic acids is 1. The fourth-order valence-corrected chi connectivity index (χ4v) is 3.33. The molecule has 24 heavy (non-hydrogen) atoms. The highest BCUT2D eigenvalue weighted by molar-refractivity contribution is 7.89. The van der Waals surface area contributed by atoms with Crippen LogP contribution in [0.25, 0.3) is 0 Å². The number of para-hydroxylation sites is 1. The molecule has 0 unspecified atom stereocenters. The molecule has 0 saturated carbocycles. The summed E-state index contributed by atoms with van der Waals surface area (Å²) in [5, 5.41) is 5.63. The van der Waals surface area contributed by atoms with Gasteiger partial charge in [0.1, 0.15) is 0 Å². The van der Waals surface area contributed by atoms with E-state index in [-0.39, 0.29) is 4.90 Å². The molecule has 0 aliphatic carbocycles. The number of anilines is 2. The standard InChI is InChI=1S/C16H18ClN3O3S/c1-11-8-9-12(10-15(11)24(22,23)20(2)3)18-16(21)19-14-7-5-4-6-13(14)17/h4-10H,1-3H3,(H2,18,19,21). The Balaban J connectivity index is 2.22. The average molecular weight is 368 g/mol. The van der Waals surface area contributed by atoms with Crippen LogP contribution >= 0.6 is 11.6 Å². The first kappa shape index (κ1) is 18.3. The number of amides is 2. The maximum Gasteiger partial charge on any atom is 0.323 e. The molecule has 8 heteroatoms. The molecule has 0 saturated heterocycles. The van der Waals surface area contributed by atoms with Gasteiger partial charge in [0.25, 0.3) is 0 Å². The Kier molecular flexibility index (Phi) is 5.48. The van der Waals surface area contributed by atoms with Crippen LogP contribution in [-0.4, -0.2) is 32.8 Å². The monoisotopic (exact) mass is 367 g/mol. The largest absolute Gasteiger partial charge is 0.323 e. The van der Waals surface area contributed by atoms with E-state index in [0.717, 1.165) is 4.31 Å². The van der Waals surface area contributed by atoms with Gasteiger partial charge >= 0.3 is 6.03 Å². The summed E-state index contributed by atoms with van der Waals surface area (Å²) in [6.07, 6.45) is 0. The molecule has 2 amide bonds. The van der Waals surface area contributed by atoms with Crippen LogP contribution in [0.3, 0.4) is 0 Å². The zero-order valence-corrected chi connectivity index (χ0v) is 15.1. The number of nitrogens with zero attached hydrogens (tertiary/aromatic N) is 1. The maximum absolute atomic E-state index is 12.3. The Labute approximate surface area is 146 Å². The number of rotatable bonds is 4. The van der Waals surface area contributed by atoms with Crippen molar-refractivity contribution in [2.75, 3.05) is 24.7 Å². The molecule has 0 atom stereocenters. The minimum atomic E-state index is -3.59. The first-order valence-corrected chi connectivity index (χ1v) is 8.89. The van der Waals surface area contributed by atoms with Crippen LogP contribution in [0.15, 0.2) is 47.4 Å². The summed E-state index contributed by atoms with van der Waals surface area (Å²) < 4.78 is 25.7. The number of nitrogens with one attached hydrogen (secondary N) is 2. The van der Waals surface area contributed by atoms with Gasteiger partial charge in [-0.15, -0.1) is 0 Å². The Hall–Kier alpha value is -2.09. The number of benzene rings is 2. The Morgan fingerprint density at radius 3 is 2.38 bits per heavy atom. The van der Waals surface area contributed by atoms with Gasteiger partial charge in [-0.05, 0) is 36.8 Å². The molecule has 0 heterocycles. The topological polar surface area (TPSA) is 78.5 Å². The molecular weight excluding hydrogens is 350 g/mol. The van der Waals surface area contributed by atoms with Crippen LogP contribution in [-0.2, 0) is 10.0 Å². The van der Waals surface area contributed by atoms with E-state index < -0.39 is 16.1 Å². The summed E-state index contributed by atoms with van der Waals surface area (Å²) in [6, 6.07) is 11.0. The summed E-state index contributed by atoms with van der Waals surface area (Å²) in [4.78, 5) is 12.2. The highest BCUT2D eigenvalue weighted by Crippen LogP contribution is 2.23. The van der Waals surface area contributed by atoms with E-state index in [1.165, 1.54) is 20.2 Å². The number of hydrogen-bond donors (Lipinski definition) is 2. The molecule has 0 aliphatic heterocycles. The van der Waals surface area contributed by atoms with Gasteiger partial charge in [-0.3, -0.25) is 0 Å². The fraction of sp³-hybridized carbons (Fsp3) is 0.188. The maximum atomic E-state index is 12.3. The SMILES string of the molecule is Cc1ccc(NC(=O)Nc2ccccc2Cl)cc1S(=O)(=O)N(C)C. The lowest BCUT2D eigenvalue weighted by Gasteiger charge is -2.15. The van der Waals surface area contributed by atoms with Crippen LogP contribution in [0, 0.1) is 6.92 Å². The second-order valence-electron chi connectivity index (χ2n) is 5.33. The Bertz CT molecular complexity index is 867. The van der Waals surface area contributed by atoms with Crippen LogP contribution in [0.1, 0.15) is 5.56 Å². The highest BCUT2D eigenvalue weighted by Gasteiger charge is 2.20. The molecule has 2 aromatic carbocycles. The molecule has 6 nitrogen and oxygen atoms in total. The first-order chi connectivity index (χ1) is 11.2. The number of aryl methyl sites for hydroxylation is 1. The molecular formula is C16H18ClN3O3S. The van der Waals surface area contributed by atoms with Crippen LogP contribution in [0.2, 0.25) is 5.02 Å². The van der Waals surface area contributed by atoms with E-state index in [0.29, 0.717) is 22.0 Å². The van der Waals surface area contributed by atoms with E-state index in [2.05, 4.69) is 10.6 Å². The first-order valence-electron chi connectivity index (χ1n) is 7.07. The normalized spacial score (nSPS) is 11.4. The van der Waals surface area contributed by atoms with Gasteiger partial charge in [-0.25, -0.2) is 17.5 Å². The van der Waals surface area contributed by atoms with E-state index >= 15 is 0 Å². The fourth-order valence-electron chi connectivity index (χ4n) is 2.00. The minimum absolute atomic E-state index is 0.142. The molecule has 0 radical (unpaired) electrons. The van der Waals surface area contributed by atoms with Gasteiger partial charge < -0.3 is 10.6 Å². The number of carbonyl (C=O) groups is 1. The highest BCUT2D eigenvalue weighted by atomic mass is 35.5. The minimum Gasteiger partial charge on any atom is -0.308 e. The summed E-state index contributed by atoms with van der Waals surface area (Å²) in [7, 11) is -0.676. The summed E-state index contributed by atoms with van der Waals surface area (Å²) in [6.45, 7) is 1.70. The van der Waals surface area contributed by atoms with Gasteiger partial charge in [0.2, 0.25) is 10.0 Å². The van der Waals surface area contributed by atoms with Gasteiger partial charge in [0.05, 0.1) is 15.6 Å². The third-order valence-electron chi connectivity index (χ3n) is 3.33. The van der Waals surface area contributed by atoms with Crippen molar-refractivity contribution in [2.24, 2.45) is 0 Å². The Morgan fingerprint density at radius 2 is 1.75 bits per heavy atom. The lowest BCUT2D eigenvalue weighted by atomic mass is 10.2. The predicted molar refractivity (Wildman–Crippen MR) is 96.1 cm³/mol. The van der Waals surface area contributed by atoms with Crippen molar-refractivity contribution >= 4 is 39.0 Å².